The summed E-state index contributed by atoms with van der Waals surface area (Å²) in [6.07, 6.45) is -2.65. The molecule has 2 aliphatic rings. The molecule has 12 atom stereocenters. The number of likely N-dealkylation sites (N-methyl/N-ethyl adjacent to an activating group) is 1. The van der Waals surface area contributed by atoms with E-state index in [0.29, 0.717) is 29.5 Å². The Hall–Kier alpha value is -3.97. The van der Waals surface area contributed by atoms with Gasteiger partial charge in [-0.1, -0.05) is 38.5 Å². The van der Waals surface area contributed by atoms with Crippen LogP contribution in [0.25, 0.3) is 0 Å². The van der Waals surface area contributed by atoms with Crippen molar-refractivity contribution >= 4 is 29.8 Å². The van der Waals surface area contributed by atoms with E-state index in [2.05, 4.69) is 5.32 Å². The molecule has 1 amide bonds. The second-order valence-corrected chi connectivity index (χ2v) is 14.3. The number of aliphatic hydroxyl groups excluding tert-OH is 3. The summed E-state index contributed by atoms with van der Waals surface area (Å²) in [7, 11) is 3.41. The number of carbonyl (C=O) groups excluding carboxylic acids is 4. The molecule has 1 aromatic rings. The summed E-state index contributed by atoms with van der Waals surface area (Å²) in [4.78, 5) is 53.2. The number of hydrogen-bond acceptors (Lipinski definition) is 13. The third-order valence-electron chi connectivity index (χ3n) is 10.0. The number of nitrogens with one attached hydrogen (secondary N) is 1. The molecule has 2 aliphatic heterocycles. The number of anilines is 1. The maximum absolute atomic E-state index is 13.4. The molecule has 2 heterocycles. The van der Waals surface area contributed by atoms with Crippen molar-refractivity contribution in [3.8, 4) is 6.07 Å². The van der Waals surface area contributed by atoms with Gasteiger partial charge >= 0.3 is 12.1 Å². The Morgan fingerprint density at radius 1 is 1.09 bits per heavy atom. The summed E-state index contributed by atoms with van der Waals surface area (Å²) in [6, 6.07) is 7.49. The molecule has 1 fully saturated rings. The number of cyclic esters (lactones) is 1. The number of hydrogen-bond donors (Lipinski definition) is 4. The van der Waals surface area contributed by atoms with Crippen LogP contribution in [0, 0.1) is 35.0 Å². The molecule has 0 radical (unpaired) electrons. The van der Waals surface area contributed by atoms with Crippen molar-refractivity contribution < 1.29 is 53.4 Å². The largest absolute Gasteiger partial charge is 0.462 e. The van der Waals surface area contributed by atoms with E-state index >= 15 is 0 Å². The minimum absolute atomic E-state index is 0.0388. The number of ketones is 1. The summed E-state index contributed by atoms with van der Waals surface area (Å²) in [6.45, 7) is 8.40. The average Bonchev–Trinajstić information content (AvgIpc) is 3.11. The Kier molecular flexibility index (Phi) is 16.8. The number of benzene rings is 1. The van der Waals surface area contributed by atoms with Crippen LogP contribution in [0.5, 0.6) is 0 Å². The Morgan fingerprint density at radius 3 is 2.38 bits per heavy atom. The van der Waals surface area contributed by atoms with Gasteiger partial charge in [0.05, 0.1) is 48.5 Å². The average molecular weight is 742 g/mol. The highest BCUT2D eigenvalue weighted by molar-refractivity contribution is 5.91. The van der Waals surface area contributed by atoms with Crippen molar-refractivity contribution in [3.05, 3.63) is 53.6 Å². The van der Waals surface area contributed by atoms with Gasteiger partial charge in [0.15, 0.2) is 12.1 Å². The lowest BCUT2D eigenvalue weighted by Crippen LogP contribution is -2.63. The number of amides is 1. The molecule has 3 rings (SSSR count). The summed E-state index contributed by atoms with van der Waals surface area (Å²) in [5.41, 5.74) is 1.49. The molecule has 0 bridgehead atoms. The van der Waals surface area contributed by atoms with Crippen LogP contribution in [-0.2, 0) is 33.3 Å². The van der Waals surface area contributed by atoms with Crippen LogP contribution in [0.15, 0.2) is 48.1 Å². The van der Waals surface area contributed by atoms with Crippen molar-refractivity contribution in [2.75, 3.05) is 26.0 Å². The normalized spacial score (nSPS) is 34.9. The summed E-state index contributed by atoms with van der Waals surface area (Å²) < 4.78 is 23.7. The zero-order chi connectivity index (χ0) is 39.4. The molecule has 292 valence electrons. The lowest BCUT2D eigenvalue weighted by atomic mass is 9.79. The minimum atomic E-state index is -1.34. The van der Waals surface area contributed by atoms with Gasteiger partial charge in [-0.15, -0.1) is 0 Å². The van der Waals surface area contributed by atoms with E-state index in [1.807, 2.05) is 6.07 Å². The maximum atomic E-state index is 13.4. The molecule has 4 N–H and O–H groups in total. The van der Waals surface area contributed by atoms with Crippen molar-refractivity contribution in [1.29, 1.82) is 5.26 Å². The fourth-order valence-corrected chi connectivity index (χ4v) is 6.87. The zero-order valence-electron chi connectivity index (χ0n) is 31.6. The second-order valence-electron chi connectivity index (χ2n) is 14.3. The van der Waals surface area contributed by atoms with Crippen LogP contribution < -0.4 is 5.32 Å². The number of aldehydes is 1. The van der Waals surface area contributed by atoms with Crippen LogP contribution in [-0.4, -0.2) is 114 Å². The van der Waals surface area contributed by atoms with E-state index in [9.17, 15) is 34.5 Å². The minimum Gasteiger partial charge on any atom is -0.462 e. The molecule has 0 unspecified atom stereocenters. The number of rotatable bonds is 9. The Morgan fingerprint density at radius 2 is 1.77 bits per heavy atom. The molecule has 0 aliphatic carbocycles. The zero-order valence-corrected chi connectivity index (χ0v) is 31.6. The molecule has 0 saturated carbocycles. The third kappa shape index (κ3) is 12.3. The van der Waals surface area contributed by atoms with Gasteiger partial charge in [0, 0.05) is 29.9 Å². The van der Waals surface area contributed by atoms with E-state index in [4.69, 9.17) is 24.2 Å². The standard InChI is InChI=1S/C39H55N3O11/c1-8-32-28(21-50-39(49)41-29-12-10-26(20-40)11-13-29)17-22(2)9-14-30(44)23(3)18-27(15-16-43)37(24(4)31(45)19-33(46)52-32)53-38-36(48)34(42(6)7)35(47)25(5)51-38/h9-14,16-17,23-25,27-28,31-32,34-38,45,47-48H,8,15,18-19,21H2,1-7H3,(H,41,49)/b14-9+,22-17+/t23-,24+,25-,27+,28-,31-,32-,34+,35-,36-,37-,38+/m1/s1. The fraction of sp³-hybridized carbons (Fsp3) is 0.615. The molecule has 0 aromatic heterocycles. The van der Waals surface area contributed by atoms with E-state index in [1.54, 1.807) is 90.0 Å². The monoisotopic (exact) mass is 741 g/mol. The van der Waals surface area contributed by atoms with Gasteiger partial charge in [-0.3, -0.25) is 14.9 Å². The Balaban J connectivity index is 1.92. The maximum Gasteiger partial charge on any atom is 0.411 e. The molecule has 0 spiro atoms. The predicted octanol–water partition coefficient (Wildman–Crippen LogP) is 3.53. The van der Waals surface area contributed by atoms with Gasteiger partial charge in [-0.05, 0) is 77.0 Å². The summed E-state index contributed by atoms with van der Waals surface area (Å²) >= 11 is 0. The number of nitrogens with zero attached hydrogens (tertiary/aromatic N) is 2. The molecule has 14 heteroatoms. The number of aliphatic hydroxyl groups is 3. The molecule has 14 nitrogen and oxygen atoms in total. The van der Waals surface area contributed by atoms with Gasteiger partial charge in [0.1, 0.15) is 25.1 Å². The number of allylic oxidation sites excluding steroid dienone is 3. The summed E-state index contributed by atoms with van der Waals surface area (Å²) in [5.74, 6) is -3.60. The van der Waals surface area contributed by atoms with Crippen molar-refractivity contribution in [1.82, 2.24) is 4.90 Å². The van der Waals surface area contributed by atoms with Crippen molar-refractivity contribution in [2.45, 2.75) is 109 Å². The topological polar surface area (TPSA) is 205 Å². The SMILES string of the molecule is CC[C@H]1OC(=O)C[C@@H](O)[C@H](C)[C@@H](O[C@@H]2O[C@H](C)[C@@H](O)[C@H](N(C)C)[C@H]2O)[C@@H](CC=O)C[C@@H](C)C(=O)/C=C/C(C)=C/[C@@H]1COC(=O)Nc1ccc(C#N)cc1. The molecule has 1 saturated heterocycles. The van der Waals surface area contributed by atoms with Crippen molar-refractivity contribution in [3.63, 3.8) is 0 Å². The second kappa shape index (κ2) is 20.5. The van der Waals surface area contributed by atoms with Crippen molar-refractivity contribution in [2.24, 2.45) is 23.7 Å². The first-order valence-corrected chi connectivity index (χ1v) is 18.1. The first-order chi connectivity index (χ1) is 25.1. The van der Waals surface area contributed by atoms with E-state index < -0.39 is 91.1 Å². The number of ether oxygens (including phenoxy) is 4. The number of carbonyl (C=O) groups is 4. The smallest absolute Gasteiger partial charge is 0.411 e. The molecular formula is C39H55N3O11. The van der Waals surface area contributed by atoms with E-state index in [-0.39, 0.29) is 25.2 Å². The van der Waals surface area contributed by atoms with Crippen LogP contribution >= 0.6 is 0 Å². The van der Waals surface area contributed by atoms with Crippen LogP contribution in [0.1, 0.15) is 65.9 Å². The van der Waals surface area contributed by atoms with Gasteiger partial charge in [-0.25, -0.2) is 4.79 Å². The van der Waals surface area contributed by atoms with Crippen LogP contribution in [0.4, 0.5) is 10.5 Å². The van der Waals surface area contributed by atoms with E-state index in [1.165, 1.54) is 6.08 Å². The Bertz CT molecular complexity index is 1490. The highest BCUT2D eigenvalue weighted by Crippen LogP contribution is 2.34. The number of esters is 1. The first-order valence-electron chi connectivity index (χ1n) is 18.1. The molecule has 53 heavy (non-hydrogen) atoms. The van der Waals surface area contributed by atoms with Crippen LogP contribution in [0.3, 0.4) is 0 Å². The van der Waals surface area contributed by atoms with Gasteiger partial charge in [-0.2, -0.15) is 5.26 Å². The lowest BCUT2D eigenvalue weighted by Gasteiger charge is -2.46. The first kappa shape index (κ1) is 43.4. The molecular weight excluding hydrogens is 686 g/mol. The van der Waals surface area contributed by atoms with Gasteiger partial charge in [0.2, 0.25) is 0 Å². The van der Waals surface area contributed by atoms with Gasteiger partial charge < -0.3 is 44.0 Å². The fourth-order valence-electron chi connectivity index (χ4n) is 6.87. The predicted molar refractivity (Wildman–Crippen MR) is 194 cm³/mol. The highest BCUT2D eigenvalue weighted by Gasteiger charge is 2.47. The third-order valence-corrected chi connectivity index (χ3v) is 10.0. The Labute approximate surface area is 311 Å². The quantitative estimate of drug-likeness (QED) is 0.212. The van der Waals surface area contributed by atoms with E-state index in [0.717, 1.165) is 0 Å². The van der Waals surface area contributed by atoms with Crippen LogP contribution in [0.2, 0.25) is 0 Å². The van der Waals surface area contributed by atoms with Gasteiger partial charge in [0.25, 0.3) is 0 Å². The highest BCUT2D eigenvalue weighted by atomic mass is 16.7. The molecule has 1 aromatic carbocycles. The number of nitriles is 1. The summed E-state index contributed by atoms with van der Waals surface area (Å²) in [5, 5.41) is 45.1. The lowest BCUT2D eigenvalue weighted by molar-refractivity contribution is -0.304.